The molecular weight excluding hydrogens is 335 g/mol. The Morgan fingerprint density at radius 2 is 1.79 bits per heavy atom. The van der Waals surface area contributed by atoms with E-state index >= 15 is 0 Å². The van der Waals surface area contributed by atoms with E-state index in [2.05, 4.69) is 15.5 Å². The van der Waals surface area contributed by atoms with E-state index in [-0.39, 0.29) is 5.11 Å². The van der Waals surface area contributed by atoms with Gasteiger partial charge < -0.3 is 15.5 Å². The van der Waals surface area contributed by atoms with Crippen molar-refractivity contribution >= 4 is 28.7 Å². The largest absolute Gasteiger partial charge is 0.416 e. The molecule has 3 nitrogen and oxygen atoms in total. The molecule has 24 heavy (non-hydrogen) atoms. The number of nitrogens with one attached hydrogen (secondary N) is 2. The van der Waals surface area contributed by atoms with E-state index in [1.54, 1.807) is 6.07 Å². The second-order valence-electron chi connectivity index (χ2n) is 5.22. The summed E-state index contributed by atoms with van der Waals surface area (Å²) in [6.45, 7) is 1.27. The fraction of sp³-hybridized carbons (Fsp3) is 0.235. The number of rotatable bonds is 5. The Hall–Kier alpha value is -2.28. The maximum Gasteiger partial charge on any atom is 0.416 e. The molecular formula is C17H18F3N3S. The van der Waals surface area contributed by atoms with Crippen LogP contribution in [0.4, 0.5) is 24.5 Å². The first kappa shape index (κ1) is 18.1. The van der Waals surface area contributed by atoms with Gasteiger partial charge in [-0.1, -0.05) is 24.3 Å². The number of nitrogens with zero attached hydrogens (tertiary/aromatic N) is 1. The Kier molecular flexibility index (Phi) is 6.03. The maximum absolute atomic E-state index is 12.7. The van der Waals surface area contributed by atoms with Gasteiger partial charge in [0.05, 0.1) is 5.56 Å². The first-order valence-corrected chi connectivity index (χ1v) is 7.75. The minimum Gasteiger partial charge on any atom is -0.373 e. The quantitative estimate of drug-likeness (QED) is 0.791. The highest BCUT2D eigenvalue weighted by Gasteiger charge is 2.30. The van der Waals surface area contributed by atoms with Crippen molar-refractivity contribution < 1.29 is 13.2 Å². The lowest BCUT2D eigenvalue weighted by molar-refractivity contribution is -0.137. The van der Waals surface area contributed by atoms with Crippen molar-refractivity contribution in [3.05, 3.63) is 60.2 Å². The maximum atomic E-state index is 12.7. The molecule has 2 N–H and O–H groups in total. The van der Waals surface area contributed by atoms with Crippen LogP contribution in [0.25, 0.3) is 0 Å². The Balaban J connectivity index is 1.81. The van der Waals surface area contributed by atoms with Crippen LogP contribution in [-0.2, 0) is 6.18 Å². The van der Waals surface area contributed by atoms with E-state index in [1.807, 2.05) is 37.4 Å². The highest BCUT2D eigenvalue weighted by atomic mass is 32.1. The van der Waals surface area contributed by atoms with E-state index in [9.17, 15) is 13.2 Å². The molecule has 0 saturated carbocycles. The van der Waals surface area contributed by atoms with Crippen LogP contribution in [0.3, 0.4) is 0 Å². The molecule has 0 saturated heterocycles. The number of alkyl halides is 3. The predicted octanol–water partition coefficient (Wildman–Crippen LogP) is 4.13. The van der Waals surface area contributed by atoms with E-state index in [1.165, 1.54) is 6.07 Å². The molecule has 0 aliphatic rings. The number of hydrogen-bond donors (Lipinski definition) is 2. The van der Waals surface area contributed by atoms with E-state index in [4.69, 9.17) is 12.2 Å². The van der Waals surface area contributed by atoms with Gasteiger partial charge in [-0.15, -0.1) is 0 Å². The Labute approximate surface area is 144 Å². The lowest BCUT2D eigenvalue weighted by Crippen LogP contribution is -2.35. The standard InChI is InChI=1S/C17H18F3N3S/c1-23(15-8-3-2-4-9-15)11-10-21-16(24)22-14-7-5-6-13(12-14)17(18,19)20/h2-9,12H,10-11H2,1H3,(H2,21,22,24). The third-order valence-corrected chi connectivity index (χ3v) is 3.62. The van der Waals surface area contributed by atoms with Gasteiger partial charge >= 0.3 is 6.18 Å². The van der Waals surface area contributed by atoms with Gasteiger partial charge in [-0.05, 0) is 42.5 Å². The number of benzene rings is 2. The van der Waals surface area contributed by atoms with Crippen LogP contribution in [0.2, 0.25) is 0 Å². The summed E-state index contributed by atoms with van der Waals surface area (Å²) in [5.41, 5.74) is 0.675. The van der Waals surface area contributed by atoms with Gasteiger partial charge in [-0.3, -0.25) is 0 Å². The molecule has 0 fully saturated rings. The summed E-state index contributed by atoms with van der Waals surface area (Å²) in [6, 6.07) is 14.8. The molecule has 0 amide bonds. The SMILES string of the molecule is CN(CCNC(=S)Nc1cccc(C(F)(F)F)c1)c1ccccc1. The third-order valence-electron chi connectivity index (χ3n) is 3.38. The van der Waals surface area contributed by atoms with Crippen molar-refractivity contribution in [2.45, 2.75) is 6.18 Å². The van der Waals surface area contributed by atoms with Crippen LogP contribution in [-0.4, -0.2) is 25.2 Å². The highest BCUT2D eigenvalue weighted by molar-refractivity contribution is 7.80. The topological polar surface area (TPSA) is 27.3 Å². The van der Waals surface area contributed by atoms with Crippen molar-refractivity contribution in [1.82, 2.24) is 5.32 Å². The fourth-order valence-corrected chi connectivity index (χ4v) is 2.32. The van der Waals surface area contributed by atoms with Crippen LogP contribution < -0.4 is 15.5 Å². The molecule has 0 heterocycles. The molecule has 2 rings (SSSR count). The fourth-order valence-electron chi connectivity index (χ4n) is 2.10. The van der Waals surface area contributed by atoms with Crippen LogP contribution >= 0.6 is 12.2 Å². The Bertz CT molecular complexity index is 674. The second-order valence-corrected chi connectivity index (χ2v) is 5.62. The molecule has 128 valence electrons. The van der Waals surface area contributed by atoms with Gasteiger partial charge in [-0.2, -0.15) is 13.2 Å². The lowest BCUT2D eigenvalue weighted by Gasteiger charge is -2.20. The van der Waals surface area contributed by atoms with Gasteiger partial charge in [0.25, 0.3) is 0 Å². The first-order chi connectivity index (χ1) is 11.4. The van der Waals surface area contributed by atoms with Crippen molar-refractivity contribution in [3.8, 4) is 0 Å². The van der Waals surface area contributed by atoms with Crippen molar-refractivity contribution in [2.75, 3.05) is 30.4 Å². The summed E-state index contributed by atoms with van der Waals surface area (Å²) in [5.74, 6) is 0. The summed E-state index contributed by atoms with van der Waals surface area (Å²) < 4.78 is 38.0. The Morgan fingerprint density at radius 1 is 1.08 bits per heavy atom. The number of anilines is 2. The summed E-state index contributed by atoms with van der Waals surface area (Å²) in [5, 5.41) is 6.04. The summed E-state index contributed by atoms with van der Waals surface area (Å²) >= 11 is 5.12. The predicted molar refractivity (Wildman–Crippen MR) is 95.4 cm³/mol. The molecule has 2 aromatic rings. The molecule has 7 heteroatoms. The number of halogens is 3. The number of para-hydroxylation sites is 1. The van der Waals surface area contributed by atoms with Crippen molar-refractivity contribution in [3.63, 3.8) is 0 Å². The van der Waals surface area contributed by atoms with Gasteiger partial charge in [-0.25, -0.2) is 0 Å². The summed E-state index contributed by atoms with van der Waals surface area (Å²) in [7, 11) is 1.96. The number of thiocarbonyl (C=S) groups is 1. The van der Waals surface area contributed by atoms with E-state index in [0.29, 0.717) is 18.8 Å². The highest BCUT2D eigenvalue weighted by Crippen LogP contribution is 2.30. The van der Waals surface area contributed by atoms with Gasteiger partial charge in [0, 0.05) is 31.5 Å². The lowest BCUT2D eigenvalue weighted by atomic mass is 10.2. The van der Waals surface area contributed by atoms with Crippen molar-refractivity contribution in [1.29, 1.82) is 0 Å². The third kappa shape index (κ3) is 5.42. The molecule has 0 bridgehead atoms. The molecule has 0 aliphatic heterocycles. The number of hydrogen-bond acceptors (Lipinski definition) is 2. The van der Waals surface area contributed by atoms with Crippen LogP contribution in [0, 0.1) is 0 Å². The van der Waals surface area contributed by atoms with Crippen LogP contribution in [0.15, 0.2) is 54.6 Å². The molecule has 0 aromatic heterocycles. The molecule has 0 atom stereocenters. The van der Waals surface area contributed by atoms with E-state index in [0.717, 1.165) is 17.8 Å². The zero-order chi connectivity index (χ0) is 17.6. The minimum absolute atomic E-state index is 0.288. The molecule has 0 aliphatic carbocycles. The number of likely N-dealkylation sites (N-methyl/N-ethyl adjacent to an activating group) is 1. The average Bonchev–Trinajstić information content (AvgIpc) is 2.55. The van der Waals surface area contributed by atoms with Gasteiger partial charge in [0.15, 0.2) is 5.11 Å². The second kappa shape index (κ2) is 8.01. The van der Waals surface area contributed by atoms with Crippen LogP contribution in [0.5, 0.6) is 0 Å². The van der Waals surface area contributed by atoms with Crippen LogP contribution in [0.1, 0.15) is 5.56 Å². The summed E-state index contributed by atoms with van der Waals surface area (Å²) in [4.78, 5) is 2.06. The van der Waals surface area contributed by atoms with Gasteiger partial charge in [0.1, 0.15) is 0 Å². The molecule has 0 spiro atoms. The normalized spacial score (nSPS) is 11.0. The monoisotopic (exact) mass is 353 g/mol. The van der Waals surface area contributed by atoms with Crippen molar-refractivity contribution in [2.24, 2.45) is 0 Å². The molecule has 0 unspecified atom stereocenters. The minimum atomic E-state index is -4.37. The smallest absolute Gasteiger partial charge is 0.373 e. The average molecular weight is 353 g/mol. The van der Waals surface area contributed by atoms with Gasteiger partial charge in [0.2, 0.25) is 0 Å². The molecule has 2 aromatic carbocycles. The molecule has 0 radical (unpaired) electrons. The first-order valence-electron chi connectivity index (χ1n) is 7.34. The Morgan fingerprint density at radius 3 is 2.46 bits per heavy atom. The zero-order valence-electron chi connectivity index (χ0n) is 13.1. The summed E-state index contributed by atoms with van der Waals surface area (Å²) in [6.07, 6.45) is -4.37. The van der Waals surface area contributed by atoms with E-state index < -0.39 is 11.7 Å². The zero-order valence-corrected chi connectivity index (χ0v) is 13.9.